The lowest BCUT2D eigenvalue weighted by atomic mass is 10.1. The topological polar surface area (TPSA) is 52.0 Å². The summed E-state index contributed by atoms with van der Waals surface area (Å²) in [5.41, 5.74) is 2.20. The molecule has 2 aliphatic heterocycles. The summed E-state index contributed by atoms with van der Waals surface area (Å²) in [7, 11) is 2.15. The number of carbonyl (C=O) groups excluding carboxylic acids is 1. The fraction of sp³-hybridized carbons (Fsp3) is 0.500. The first-order valence-electron chi connectivity index (χ1n) is 10.2. The van der Waals surface area contributed by atoms with Gasteiger partial charge in [0.1, 0.15) is 0 Å². The molecule has 0 saturated carbocycles. The zero-order valence-electron chi connectivity index (χ0n) is 16.6. The number of hydrogen-bond acceptors (Lipinski definition) is 5. The van der Waals surface area contributed by atoms with E-state index in [1.54, 1.807) is 0 Å². The molecule has 3 heterocycles. The van der Waals surface area contributed by atoms with Crippen LogP contribution in [0.15, 0.2) is 41.5 Å². The maximum absolute atomic E-state index is 12.8. The fourth-order valence-corrected chi connectivity index (χ4v) is 4.54. The van der Waals surface area contributed by atoms with Crippen LogP contribution in [0.3, 0.4) is 0 Å². The predicted octanol–water partition coefficient (Wildman–Crippen LogP) is 2.44. The van der Waals surface area contributed by atoms with Gasteiger partial charge in [-0.1, -0.05) is 12.1 Å². The van der Waals surface area contributed by atoms with E-state index in [2.05, 4.69) is 57.8 Å². The van der Waals surface area contributed by atoms with Crippen LogP contribution in [0.2, 0.25) is 0 Å². The molecule has 1 aromatic heterocycles. The highest BCUT2D eigenvalue weighted by Crippen LogP contribution is 2.25. The average Bonchev–Trinajstić information content (AvgIpc) is 3.37. The summed E-state index contributed by atoms with van der Waals surface area (Å²) in [5.74, 6) is 0.240. The molecule has 6 heteroatoms. The molecule has 2 aliphatic rings. The van der Waals surface area contributed by atoms with Crippen molar-refractivity contribution in [2.45, 2.75) is 31.3 Å². The second-order valence-corrected chi connectivity index (χ2v) is 7.96. The molecule has 0 bridgehead atoms. The van der Waals surface area contributed by atoms with Crippen molar-refractivity contribution in [3.05, 3.63) is 36.5 Å². The van der Waals surface area contributed by atoms with Crippen LogP contribution in [0.25, 0.3) is 10.9 Å². The van der Waals surface area contributed by atoms with Gasteiger partial charge in [0, 0.05) is 50.0 Å². The lowest BCUT2D eigenvalue weighted by Gasteiger charge is -2.28. The van der Waals surface area contributed by atoms with Gasteiger partial charge >= 0.3 is 0 Å². The lowest BCUT2D eigenvalue weighted by Crippen LogP contribution is -2.44. The normalized spacial score (nSPS) is 22.7. The molecule has 2 fully saturated rings. The maximum Gasteiger partial charge on any atom is 0.237 e. The molecule has 148 valence electrons. The van der Waals surface area contributed by atoms with Crippen molar-refractivity contribution < 1.29 is 4.79 Å². The minimum Gasteiger partial charge on any atom is -0.370 e. The highest BCUT2D eigenvalue weighted by Gasteiger charge is 2.32. The number of anilines is 1. The number of amides is 1. The van der Waals surface area contributed by atoms with Crippen LogP contribution in [0.4, 0.5) is 5.69 Å². The molecule has 1 aromatic carbocycles. The SMILES string of the molecule is C=NC[C@@H]1CCCN1C(=O)CN1CC[C@@H](N(C)c2ccc3cccnc3c2)C1. The molecular formula is C22H29N5O. The molecule has 0 spiro atoms. The highest BCUT2D eigenvalue weighted by atomic mass is 16.2. The molecular weight excluding hydrogens is 350 g/mol. The zero-order valence-corrected chi connectivity index (χ0v) is 16.6. The standard InChI is InChI=1S/C22H29N5O/c1-23-14-19-6-4-11-27(19)22(28)16-26-12-9-20(15-26)25(2)18-8-7-17-5-3-10-24-21(17)13-18/h3,5,7-8,10,13,19-20H,1,4,6,9,11-12,14-16H2,2H3/t19-,20+/m0/s1. The van der Waals surface area contributed by atoms with Crippen LogP contribution in [0.5, 0.6) is 0 Å². The minimum atomic E-state index is 0.240. The largest absolute Gasteiger partial charge is 0.370 e. The molecule has 2 aromatic rings. The van der Waals surface area contributed by atoms with Gasteiger partial charge in [0.05, 0.1) is 24.6 Å². The summed E-state index contributed by atoms with van der Waals surface area (Å²) in [6, 6.07) is 11.2. The van der Waals surface area contributed by atoms with Gasteiger partial charge < -0.3 is 9.80 Å². The van der Waals surface area contributed by atoms with Crippen LogP contribution >= 0.6 is 0 Å². The first kappa shape index (κ1) is 18.9. The molecule has 2 atom stereocenters. The molecule has 4 rings (SSSR count). The van der Waals surface area contributed by atoms with Gasteiger partial charge in [-0.05, 0) is 44.2 Å². The Hall–Kier alpha value is -2.47. The Labute approximate surface area is 166 Å². The van der Waals surface area contributed by atoms with Gasteiger partial charge in [-0.15, -0.1) is 0 Å². The number of nitrogens with zero attached hydrogens (tertiary/aromatic N) is 5. The van der Waals surface area contributed by atoms with Crippen LogP contribution < -0.4 is 4.90 Å². The first-order chi connectivity index (χ1) is 13.7. The number of carbonyl (C=O) groups is 1. The molecule has 0 radical (unpaired) electrons. The quantitative estimate of drug-likeness (QED) is 0.724. The van der Waals surface area contributed by atoms with Crippen molar-refractivity contribution in [2.24, 2.45) is 4.99 Å². The van der Waals surface area contributed by atoms with Gasteiger partial charge in [0.15, 0.2) is 0 Å². The van der Waals surface area contributed by atoms with E-state index >= 15 is 0 Å². The minimum absolute atomic E-state index is 0.240. The summed E-state index contributed by atoms with van der Waals surface area (Å²) in [4.78, 5) is 27.9. The number of likely N-dealkylation sites (N-methyl/N-ethyl adjacent to an activating group) is 1. The van der Waals surface area contributed by atoms with E-state index in [1.807, 2.05) is 17.2 Å². The number of pyridine rings is 1. The van der Waals surface area contributed by atoms with Crippen molar-refractivity contribution in [3.63, 3.8) is 0 Å². The van der Waals surface area contributed by atoms with E-state index in [4.69, 9.17) is 0 Å². The van der Waals surface area contributed by atoms with Crippen LogP contribution in [0, 0.1) is 0 Å². The first-order valence-corrected chi connectivity index (χ1v) is 10.2. The van der Waals surface area contributed by atoms with E-state index in [0.717, 1.165) is 49.8 Å². The van der Waals surface area contributed by atoms with Crippen molar-refractivity contribution >= 4 is 29.2 Å². The van der Waals surface area contributed by atoms with Crippen molar-refractivity contribution in [3.8, 4) is 0 Å². The van der Waals surface area contributed by atoms with Gasteiger partial charge in [-0.25, -0.2) is 0 Å². The van der Waals surface area contributed by atoms with Gasteiger partial charge in [0.2, 0.25) is 5.91 Å². The number of fused-ring (bicyclic) bond motifs is 1. The second-order valence-electron chi connectivity index (χ2n) is 7.96. The summed E-state index contributed by atoms with van der Waals surface area (Å²) in [6.07, 6.45) is 5.03. The molecule has 0 aliphatic carbocycles. The van der Waals surface area contributed by atoms with E-state index in [-0.39, 0.29) is 11.9 Å². The Morgan fingerprint density at radius 2 is 2.21 bits per heavy atom. The number of aliphatic imine (C=N–C) groups is 1. The lowest BCUT2D eigenvalue weighted by molar-refractivity contribution is -0.132. The number of aromatic nitrogens is 1. The molecule has 2 saturated heterocycles. The molecule has 6 nitrogen and oxygen atoms in total. The van der Waals surface area contributed by atoms with E-state index in [0.29, 0.717) is 19.1 Å². The third kappa shape index (κ3) is 3.87. The zero-order chi connectivity index (χ0) is 19.5. The maximum atomic E-state index is 12.8. The van der Waals surface area contributed by atoms with Crippen LogP contribution in [0.1, 0.15) is 19.3 Å². The van der Waals surface area contributed by atoms with Crippen LogP contribution in [-0.2, 0) is 4.79 Å². The van der Waals surface area contributed by atoms with Gasteiger partial charge in [0.25, 0.3) is 0 Å². The van der Waals surface area contributed by atoms with Gasteiger partial charge in [-0.2, -0.15) is 0 Å². The Morgan fingerprint density at radius 3 is 3.07 bits per heavy atom. The number of benzene rings is 1. The van der Waals surface area contributed by atoms with E-state index < -0.39 is 0 Å². The second kappa shape index (κ2) is 8.27. The third-order valence-electron chi connectivity index (χ3n) is 6.19. The monoisotopic (exact) mass is 379 g/mol. The Bertz CT molecular complexity index is 854. The van der Waals surface area contributed by atoms with Crippen molar-refractivity contribution in [1.82, 2.24) is 14.8 Å². The summed E-state index contributed by atoms with van der Waals surface area (Å²) in [5, 5.41) is 1.16. The molecule has 28 heavy (non-hydrogen) atoms. The van der Waals surface area contributed by atoms with Crippen LogP contribution in [-0.4, -0.2) is 79.3 Å². The smallest absolute Gasteiger partial charge is 0.237 e. The summed E-state index contributed by atoms with van der Waals surface area (Å²) in [6.45, 7) is 7.50. The fourth-order valence-electron chi connectivity index (χ4n) is 4.54. The third-order valence-corrected chi connectivity index (χ3v) is 6.19. The highest BCUT2D eigenvalue weighted by molar-refractivity contribution is 5.82. The Morgan fingerprint density at radius 1 is 1.32 bits per heavy atom. The predicted molar refractivity (Wildman–Crippen MR) is 114 cm³/mol. The molecule has 0 unspecified atom stereocenters. The Balaban J connectivity index is 1.36. The number of rotatable bonds is 6. The molecule has 1 amide bonds. The van der Waals surface area contributed by atoms with Crippen molar-refractivity contribution in [1.29, 1.82) is 0 Å². The van der Waals surface area contributed by atoms with Crippen molar-refractivity contribution in [2.75, 3.05) is 44.7 Å². The van der Waals surface area contributed by atoms with E-state index in [9.17, 15) is 4.79 Å². The average molecular weight is 380 g/mol. The Kier molecular flexibility index (Phi) is 5.57. The summed E-state index contributed by atoms with van der Waals surface area (Å²) < 4.78 is 0. The number of hydrogen-bond donors (Lipinski definition) is 0. The summed E-state index contributed by atoms with van der Waals surface area (Å²) >= 11 is 0. The number of likely N-dealkylation sites (tertiary alicyclic amines) is 2. The molecule has 0 N–H and O–H groups in total. The van der Waals surface area contributed by atoms with E-state index in [1.165, 1.54) is 5.69 Å². The van der Waals surface area contributed by atoms with Gasteiger partial charge in [-0.3, -0.25) is 19.7 Å².